The van der Waals surface area contributed by atoms with Gasteiger partial charge in [0.15, 0.2) is 0 Å². The maximum absolute atomic E-state index is 9.61. The van der Waals surface area contributed by atoms with Crippen molar-refractivity contribution >= 4 is 0 Å². The van der Waals surface area contributed by atoms with Crippen molar-refractivity contribution in [2.75, 3.05) is 0 Å². The molecule has 0 amide bonds. The van der Waals surface area contributed by atoms with Crippen molar-refractivity contribution in [3.63, 3.8) is 0 Å². The van der Waals surface area contributed by atoms with Crippen molar-refractivity contribution in [3.05, 3.63) is 10.5 Å². The number of H-pyrrole nitrogens is 3. The van der Waals surface area contributed by atoms with Gasteiger partial charge in [-0.2, -0.15) is 0 Å². The molecule has 1 heterocycles. The molecule has 0 unspecified atom stereocenters. The summed E-state index contributed by atoms with van der Waals surface area (Å²) in [6.07, 6.45) is 0. The van der Waals surface area contributed by atoms with Gasteiger partial charge < -0.3 is 0 Å². The molecule has 0 aliphatic rings. The van der Waals surface area contributed by atoms with Gasteiger partial charge in [0.1, 0.15) is 0 Å². The Morgan fingerprint density at radius 1 is 1.40 bits per heavy atom. The molecule has 4 nitrogen and oxygen atoms in total. The second-order valence-electron chi connectivity index (χ2n) is 0.704. The first-order valence-corrected chi connectivity index (χ1v) is 1.20. The van der Waals surface area contributed by atoms with Gasteiger partial charge >= 0.3 is 5.69 Å². The molecule has 4 heteroatoms. The predicted molar refractivity (Wildman–Crippen MR) is 15.8 cm³/mol. The van der Waals surface area contributed by atoms with Crippen LogP contribution in [0.4, 0.5) is 0 Å². The van der Waals surface area contributed by atoms with Gasteiger partial charge in [-0.3, -0.25) is 0 Å². The van der Waals surface area contributed by atoms with E-state index in [-0.39, 0.29) is 5.69 Å². The molecule has 0 saturated carbocycles. The van der Waals surface area contributed by atoms with Gasteiger partial charge in [0, 0.05) is 0 Å². The lowest BCUT2D eigenvalue weighted by molar-refractivity contribution is 0.710. The molecule has 0 aliphatic carbocycles. The van der Waals surface area contributed by atoms with E-state index in [1.165, 1.54) is 0 Å². The smallest absolute Gasteiger partial charge is 0.245 e. The molecule has 1 aromatic rings. The molecule has 0 radical (unpaired) electrons. The highest BCUT2D eigenvalue weighted by atomic mass is 16.2. The lowest BCUT2D eigenvalue weighted by Gasteiger charge is -1.81. The molecule has 1 rings (SSSR count). The van der Waals surface area contributed by atoms with Gasteiger partial charge in [-0.15, -0.1) is 0 Å². The summed E-state index contributed by atoms with van der Waals surface area (Å²) in [5.74, 6) is 0. The summed E-state index contributed by atoms with van der Waals surface area (Å²) in [5.41, 5.74) is -0.176. The van der Waals surface area contributed by atoms with Gasteiger partial charge in [-0.25, -0.2) is 20.2 Å². The van der Waals surface area contributed by atoms with Crippen LogP contribution in [0.2, 0.25) is 0 Å². The zero-order valence-electron chi connectivity index (χ0n) is 2.41. The molecular weight excluding hydrogens is 70.0 g/mol. The normalized spacial score (nSPS) is 8.80. The number of hydrogen-bond acceptors (Lipinski definition) is 1. The Kier molecular flexibility index (Phi) is 0.237. The summed E-state index contributed by atoms with van der Waals surface area (Å²) >= 11 is 0. The van der Waals surface area contributed by atoms with E-state index in [1.54, 1.807) is 0 Å². The molecule has 0 fully saturated rings. The zero-order chi connectivity index (χ0) is 3.70. The maximum atomic E-state index is 9.61. The van der Waals surface area contributed by atoms with Gasteiger partial charge in [-0.1, -0.05) is 0 Å². The van der Waals surface area contributed by atoms with Crippen molar-refractivity contribution in [1.29, 1.82) is 0 Å². The van der Waals surface area contributed by atoms with Gasteiger partial charge in [0.05, 0.1) is 0 Å². The third-order valence-corrected chi connectivity index (χ3v) is 0.352. The van der Waals surface area contributed by atoms with E-state index in [0.717, 1.165) is 0 Å². The van der Waals surface area contributed by atoms with Crippen molar-refractivity contribution in [3.8, 4) is 0 Å². The fourth-order valence-corrected chi connectivity index (χ4v) is 0.114. The molecule has 3 N–H and O–H groups in total. The first kappa shape index (κ1) is 2.32. The molecule has 0 aliphatic heterocycles. The van der Waals surface area contributed by atoms with Gasteiger partial charge in [-0.05, 0) is 0 Å². The van der Waals surface area contributed by atoms with E-state index in [9.17, 15) is 4.79 Å². The summed E-state index contributed by atoms with van der Waals surface area (Å²) in [5, 5.41) is 6.73. The van der Waals surface area contributed by atoms with E-state index in [0.29, 0.717) is 0 Å². The Hall–Kier alpha value is -0.930. The number of rotatable bonds is 0. The minimum Gasteiger partial charge on any atom is -0.245 e. The van der Waals surface area contributed by atoms with Gasteiger partial charge in [0.2, 0.25) is 0 Å². The summed E-state index contributed by atoms with van der Waals surface area (Å²) < 4.78 is 0. The second-order valence-corrected chi connectivity index (χ2v) is 0.704. The minimum atomic E-state index is -0.176. The van der Waals surface area contributed by atoms with Crippen LogP contribution < -0.4 is 5.69 Å². The van der Waals surface area contributed by atoms with Crippen LogP contribution >= 0.6 is 0 Å². The van der Waals surface area contributed by atoms with Crippen molar-refractivity contribution < 1.29 is 0 Å². The Labute approximate surface area is 27.2 Å². The third kappa shape index (κ3) is 0.137. The Morgan fingerprint density at radius 2 is 1.80 bits per heavy atom. The van der Waals surface area contributed by atoms with E-state index in [1.807, 2.05) is 0 Å². The Morgan fingerprint density at radius 3 is 1.80 bits per heavy atom. The predicted octanol–water partition coefficient (Wildman–Crippen LogP) is -0.969. The van der Waals surface area contributed by atoms with Crippen LogP contribution in [0.15, 0.2) is 4.79 Å². The molecular formula is CH3N3O. The molecule has 0 spiro atoms. The van der Waals surface area contributed by atoms with E-state index < -0.39 is 0 Å². The van der Waals surface area contributed by atoms with Crippen LogP contribution in [-0.4, -0.2) is 15.4 Å². The molecule has 0 bridgehead atoms. The second kappa shape index (κ2) is 0.512. The average molecular weight is 73.1 g/mol. The number of nitrogens with one attached hydrogen (secondary N) is 3. The SMILES string of the molecule is O=c1[nH][nH][nH]1. The van der Waals surface area contributed by atoms with Gasteiger partial charge in [0.25, 0.3) is 0 Å². The van der Waals surface area contributed by atoms with Crippen molar-refractivity contribution in [2.24, 2.45) is 0 Å². The summed E-state index contributed by atoms with van der Waals surface area (Å²) in [7, 11) is 0. The molecule has 5 heavy (non-hydrogen) atoms. The first-order valence-electron chi connectivity index (χ1n) is 1.20. The quantitative estimate of drug-likeness (QED) is 0.363. The number of aromatic amines is 3. The summed E-state index contributed by atoms with van der Waals surface area (Å²) in [4.78, 5) is 9.61. The minimum absolute atomic E-state index is 0.176. The first-order chi connectivity index (χ1) is 2.39. The third-order valence-electron chi connectivity index (χ3n) is 0.352. The summed E-state index contributed by atoms with van der Waals surface area (Å²) in [6, 6.07) is 0. The highest BCUT2D eigenvalue weighted by molar-refractivity contribution is 4.39. The Balaban J connectivity index is 3.29. The molecule has 1 aromatic heterocycles. The lowest BCUT2D eigenvalue weighted by Crippen LogP contribution is -2.19. The van der Waals surface area contributed by atoms with Crippen LogP contribution in [0.25, 0.3) is 0 Å². The fourth-order valence-electron chi connectivity index (χ4n) is 0.114. The molecule has 0 aromatic carbocycles. The standard InChI is InChI=1S/CH3N3O/c5-1-2-4-3-1/h4H,(H2,2,3,5). The topological polar surface area (TPSA) is 64.4 Å². The molecule has 0 saturated heterocycles. The average Bonchev–Trinajstić information content (AvgIpc) is 1.30. The highest BCUT2D eigenvalue weighted by Gasteiger charge is 1.69. The highest BCUT2D eigenvalue weighted by Crippen LogP contribution is 1.30. The van der Waals surface area contributed by atoms with E-state index in [4.69, 9.17) is 0 Å². The van der Waals surface area contributed by atoms with Crippen LogP contribution in [-0.2, 0) is 0 Å². The van der Waals surface area contributed by atoms with E-state index >= 15 is 0 Å². The number of hydrogen-bond donors (Lipinski definition) is 3. The zero-order valence-corrected chi connectivity index (χ0v) is 2.41. The maximum Gasteiger partial charge on any atom is 0.354 e. The van der Waals surface area contributed by atoms with Crippen molar-refractivity contribution in [2.45, 2.75) is 0 Å². The molecule has 0 atom stereocenters. The Bertz CT molecular complexity index is 121. The van der Waals surface area contributed by atoms with Crippen LogP contribution in [0.5, 0.6) is 0 Å². The van der Waals surface area contributed by atoms with Crippen LogP contribution in [0, 0.1) is 0 Å². The van der Waals surface area contributed by atoms with Crippen LogP contribution in [0.1, 0.15) is 0 Å². The van der Waals surface area contributed by atoms with E-state index in [2.05, 4.69) is 15.4 Å². The van der Waals surface area contributed by atoms with Crippen LogP contribution in [0.3, 0.4) is 0 Å². The fraction of sp³-hybridized carbons (Fsp3) is 0. The molecule has 28 valence electrons. The monoisotopic (exact) mass is 73.0 g/mol. The van der Waals surface area contributed by atoms with Crippen molar-refractivity contribution in [1.82, 2.24) is 15.4 Å². The lowest BCUT2D eigenvalue weighted by atomic mass is 11.3. The summed E-state index contributed by atoms with van der Waals surface area (Å²) in [6.45, 7) is 0. The number of aromatic nitrogens is 3. The largest absolute Gasteiger partial charge is 0.354 e.